The van der Waals surface area contributed by atoms with Crippen LogP contribution < -0.4 is 5.32 Å². The average molecular weight is 344 g/mol. The Morgan fingerprint density at radius 2 is 2.00 bits per heavy atom. The molecule has 3 aromatic rings. The maximum Gasteiger partial charge on any atom is 0.145 e. The highest BCUT2D eigenvalue weighted by molar-refractivity contribution is 5.87. The van der Waals surface area contributed by atoms with E-state index < -0.39 is 0 Å². The van der Waals surface area contributed by atoms with Gasteiger partial charge in [0.2, 0.25) is 0 Å². The zero-order chi connectivity index (χ0) is 17.9. The van der Waals surface area contributed by atoms with Gasteiger partial charge in [-0.3, -0.25) is 4.98 Å². The monoisotopic (exact) mass is 344 g/mol. The normalized spacial score (nSPS) is 19.4. The van der Waals surface area contributed by atoms with E-state index in [0.717, 1.165) is 22.9 Å². The number of benzene rings is 1. The molecule has 2 aromatic heterocycles. The number of ether oxygens (including phenoxy) is 1. The lowest BCUT2D eigenvalue weighted by atomic mass is 9.95. The summed E-state index contributed by atoms with van der Waals surface area (Å²) in [4.78, 5) is 8.79. The minimum atomic E-state index is 0.128. The molecule has 1 N–H and O–H groups in total. The summed E-state index contributed by atoms with van der Waals surface area (Å²) >= 11 is 0. The minimum Gasteiger partial charge on any atom is -0.379 e. The summed E-state index contributed by atoms with van der Waals surface area (Å²) in [5.41, 5.74) is 3.71. The molecule has 5 heteroatoms. The van der Waals surface area contributed by atoms with Crippen molar-refractivity contribution in [3.8, 4) is 6.07 Å². The molecule has 1 saturated heterocycles. The predicted molar refractivity (Wildman–Crippen MR) is 101 cm³/mol. The van der Waals surface area contributed by atoms with Crippen LogP contribution in [0.5, 0.6) is 0 Å². The molecule has 130 valence electrons. The number of hydrogen-bond donors (Lipinski definition) is 1. The number of fused-ring (bicyclic) bond motifs is 1. The van der Waals surface area contributed by atoms with E-state index in [1.54, 1.807) is 0 Å². The molecule has 0 amide bonds. The summed E-state index contributed by atoms with van der Waals surface area (Å²) in [7, 11) is 0. The number of nitrogens with zero attached hydrogens (tertiary/aromatic N) is 3. The van der Waals surface area contributed by atoms with E-state index in [4.69, 9.17) is 9.72 Å². The fourth-order valence-corrected chi connectivity index (χ4v) is 3.57. The topological polar surface area (TPSA) is 70.8 Å². The molecule has 0 unspecified atom stereocenters. The van der Waals surface area contributed by atoms with E-state index in [2.05, 4.69) is 16.4 Å². The summed E-state index contributed by atoms with van der Waals surface area (Å²) in [6.07, 6.45) is 4.54. The van der Waals surface area contributed by atoms with Crippen LogP contribution in [0.15, 0.2) is 48.8 Å². The zero-order valence-corrected chi connectivity index (χ0v) is 14.6. The van der Waals surface area contributed by atoms with Crippen molar-refractivity contribution in [2.45, 2.75) is 19.4 Å². The summed E-state index contributed by atoms with van der Waals surface area (Å²) in [6, 6.07) is 14.4. The number of rotatable bonds is 4. The standard InChI is InChI=1S/C21H20N4O/c1-14-17-4-2-3-5-19(17)24-21(18(14)11-22)25-20-13-26-12-16(20)10-15-6-8-23-9-7-15/h2-9,16,20H,10,12-13H2,1H3,(H,24,25)/t16-,20-/m1/s1. The molecule has 0 spiro atoms. The van der Waals surface area contributed by atoms with Crippen molar-refractivity contribution in [1.29, 1.82) is 5.26 Å². The van der Waals surface area contributed by atoms with Gasteiger partial charge in [-0.1, -0.05) is 18.2 Å². The number of aromatic nitrogens is 2. The molecular formula is C21H20N4O. The first-order valence-corrected chi connectivity index (χ1v) is 8.79. The lowest BCUT2D eigenvalue weighted by Crippen LogP contribution is -2.30. The molecule has 0 aliphatic carbocycles. The second kappa shape index (κ2) is 7.11. The molecule has 1 fully saturated rings. The highest BCUT2D eigenvalue weighted by Gasteiger charge is 2.29. The molecule has 5 nitrogen and oxygen atoms in total. The van der Waals surface area contributed by atoms with Gasteiger partial charge in [0.15, 0.2) is 0 Å². The lowest BCUT2D eigenvalue weighted by molar-refractivity contribution is 0.185. The molecule has 1 aliphatic heterocycles. The van der Waals surface area contributed by atoms with Gasteiger partial charge in [-0.05, 0) is 42.7 Å². The van der Waals surface area contributed by atoms with Crippen molar-refractivity contribution in [2.75, 3.05) is 18.5 Å². The minimum absolute atomic E-state index is 0.128. The Bertz CT molecular complexity index is 965. The summed E-state index contributed by atoms with van der Waals surface area (Å²) < 4.78 is 5.72. The quantitative estimate of drug-likeness (QED) is 0.784. The Hall–Kier alpha value is -2.97. The van der Waals surface area contributed by atoms with Gasteiger partial charge in [0, 0.05) is 23.7 Å². The van der Waals surface area contributed by atoms with Gasteiger partial charge >= 0.3 is 0 Å². The van der Waals surface area contributed by atoms with Gasteiger partial charge in [-0.15, -0.1) is 0 Å². The Balaban J connectivity index is 1.63. The van der Waals surface area contributed by atoms with Crippen molar-refractivity contribution in [1.82, 2.24) is 9.97 Å². The number of para-hydroxylation sites is 1. The smallest absolute Gasteiger partial charge is 0.145 e. The molecule has 2 atom stereocenters. The maximum atomic E-state index is 9.67. The Kier molecular flexibility index (Phi) is 4.51. The van der Waals surface area contributed by atoms with Crippen LogP contribution in [0.2, 0.25) is 0 Å². The van der Waals surface area contributed by atoms with E-state index in [-0.39, 0.29) is 6.04 Å². The van der Waals surface area contributed by atoms with Crippen molar-refractivity contribution in [3.63, 3.8) is 0 Å². The third-order valence-corrected chi connectivity index (χ3v) is 5.03. The van der Waals surface area contributed by atoms with E-state index in [9.17, 15) is 5.26 Å². The van der Waals surface area contributed by atoms with Gasteiger partial charge in [0.25, 0.3) is 0 Å². The van der Waals surface area contributed by atoms with E-state index in [1.165, 1.54) is 5.56 Å². The summed E-state index contributed by atoms with van der Waals surface area (Å²) in [6.45, 7) is 3.30. The lowest BCUT2D eigenvalue weighted by Gasteiger charge is -2.21. The van der Waals surface area contributed by atoms with Crippen molar-refractivity contribution in [3.05, 3.63) is 65.5 Å². The number of nitrogens with one attached hydrogen (secondary N) is 1. The second-order valence-electron chi connectivity index (χ2n) is 6.70. The van der Waals surface area contributed by atoms with Crippen LogP contribution in [0.3, 0.4) is 0 Å². The fourth-order valence-electron chi connectivity index (χ4n) is 3.57. The zero-order valence-electron chi connectivity index (χ0n) is 14.6. The first-order valence-electron chi connectivity index (χ1n) is 8.79. The fraction of sp³-hybridized carbons (Fsp3) is 0.286. The maximum absolute atomic E-state index is 9.67. The second-order valence-corrected chi connectivity index (χ2v) is 6.70. The molecule has 4 rings (SSSR count). The molecule has 1 aliphatic rings. The van der Waals surface area contributed by atoms with Crippen LogP contribution in [-0.4, -0.2) is 29.2 Å². The van der Waals surface area contributed by atoms with Crippen LogP contribution in [0, 0.1) is 24.2 Å². The molecule has 0 bridgehead atoms. The number of hydrogen-bond acceptors (Lipinski definition) is 5. The van der Waals surface area contributed by atoms with Crippen LogP contribution in [0.25, 0.3) is 10.9 Å². The molecule has 3 heterocycles. The van der Waals surface area contributed by atoms with Gasteiger partial charge < -0.3 is 10.1 Å². The molecule has 1 aromatic carbocycles. The van der Waals surface area contributed by atoms with Crippen LogP contribution in [0.1, 0.15) is 16.7 Å². The first-order chi connectivity index (χ1) is 12.8. The number of anilines is 1. The van der Waals surface area contributed by atoms with E-state index in [1.807, 2.05) is 55.7 Å². The third kappa shape index (κ3) is 3.12. The van der Waals surface area contributed by atoms with Crippen LogP contribution in [0.4, 0.5) is 5.82 Å². The van der Waals surface area contributed by atoms with Crippen LogP contribution in [-0.2, 0) is 11.2 Å². The molecular weight excluding hydrogens is 324 g/mol. The SMILES string of the molecule is Cc1c(C#N)c(N[C@@H]2COC[C@H]2Cc2ccncc2)nc2ccccc12. The van der Waals surface area contributed by atoms with E-state index in [0.29, 0.717) is 30.5 Å². The van der Waals surface area contributed by atoms with Gasteiger partial charge in [-0.2, -0.15) is 5.26 Å². The highest BCUT2D eigenvalue weighted by Crippen LogP contribution is 2.28. The van der Waals surface area contributed by atoms with Crippen molar-refractivity contribution in [2.24, 2.45) is 5.92 Å². The summed E-state index contributed by atoms with van der Waals surface area (Å²) in [5, 5.41) is 14.2. The Morgan fingerprint density at radius 3 is 2.81 bits per heavy atom. The number of nitriles is 1. The summed E-state index contributed by atoms with van der Waals surface area (Å²) in [5.74, 6) is 0.983. The average Bonchev–Trinajstić information content (AvgIpc) is 3.10. The number of aryl methyl sites for hydroxylation is 1. The van der Waals surface area contributed by atoms with Gasteiger partial charge in [0.05, 0.1) is 30.3 Å². The Labute approximate surface area is 152 Å². The van der Waals surface area contributed by atoms with Gasteiger partial charge in [0.1, 0.15) is 11.9 Å². The molecule has 0 radical (unpaired) electrons. The third-order valence-electron chi connectivity index (χ3n) is 5.03. The van der Waals surface area contributed by atoms with Crippen molar-refractivity contribution >= 4 is 16.7 Å². The van der Waals surface area contributed by atoms with Crippen LogP contribution >= 0.6 is 0 Å². The number of pyridine rings is 2. The first kappa shape index (κ1) is 16.5. The molecule has 26 heavy (non-hydrogen) atoms. The Morgan fingerprint density at radius 1 is 1.19 bits per heavy atom. The highest BCUT2D eigenvalue weighted by atomic mass is 16.5. The van der Waals surface area contributed by atoms with Crippen molar-refractivity contribution < 1.29 is 4.74 Å². The van der Waals surface area contributed by atoms with E-state index >= 15 is 0 Å². The molecule has 0 saturated carbocycles. The largest absolute Gasteiger partial charge is 0.379 e. The van der Waals surface area contributed by atoms with Gasteiger partial charge in [-0.25, -0.2) is 4.98 Å². The predicted octanol–water partition coefficient (Wildman–Crippen LogP) is 3.48.